The minimum Gasteiger partial charge on any atom is -0.0716 e. The van der Waals surface area contributed by atoms with E-state index < -0.39 is 0 Å². The molecule has 3 aromatic rings. The molecule has 3 aromatic carbocycles. The minimum atomic E-state index is 1.32. The van der Waals surface area contributed by atoms with Gasteiger partial charge < -0.3 is 0 Å². The predicted molar refractivity (Wildman–Crippen MR) is 122 cm³/mol. The SMILES string of the molecule is CC.Cc1ccc(C)cc1.Cc1ccc(C2=C[CH]2)cc1.Cc1ccccc1. The Morgan fingerprint density at radius 2 is 0.778 bits per heavy atom. The van der Waals surface area contributed by atoms with Crippen molar-refractivity contribution in [2.45, 2.75) is 41.5 Å². The maximum Gasteiger partial charge on any atom is 0.0131 e. The zero-order valence-corrected chi connectivity index (χ0v) is 17.7. The summed E-state index contributed by atoms with van der Waals surface area (Å²) in [5.41, 5.74) is 8.02. The topological polar surface area (TPSA) is 0 Å². The largest absolute Gasteiger partial charge is 0.0716 e. The molecule has 0 heteroatoms. The Balaban J connectivity index is 0.000000197. The quantitative estimate of drug-likeness (QED) is 0.415. The number of hydrogen-bond acceptors (Lipinski definition) is 0. The molecule has 0 fully saturated rings. The van der Waals surface area contributed by atoms with Gasteiger partial charge in [-0.05, 0) is 38.8 Å². The summed E-state index contributed by atoms with van der Waals surface area (Å²) in [4.78, 5) is 0. The summed E-state index contributed by atoms with van der Waals surface area (Å²) in [5.74, 6) is 0. The van der Waals surface area contributed by atoms with Crippen LogP contribution in [0.2, 0.25) is 0 Å². The molecule has 1 radical (unpaired) electrons. The van der Waals surface area contributed by atoms with Crippen molar-refractivity contribution in [2.24, 2.45) is 0 Å². The molecule has 4 rings (SSSR count). The maximum absolute atomic E-state index is 2.16. The lowest BCUT2D eigenvalue weighted by atomic mass is 10.1. The van der Waals surface area contributed by atoms with Gasteiger partial charge in [-0.2, -0.15) is 0 Å². The van der Waals surface area contributed by atoms with Gasteiger partial charge in [-0.15, -0.1) is 0 Å². The molecule has 0 saturated heterocycles. The van der Waals surface area contributed by atoms with Gasteiger partial charge in [0.2, 0.25) is 0 Å². The minimum absolute atomic E-state index is 1.32. The molecule has 0 saturated carbocycles. The highest BCUT2D eigenvalue weighted by atomic mass is 14.1. The van der Waals surface area contributed by atoms with Crippen molar-refractivity contribution in [3.8, 4) is 0 Å². The molecule has 0 nitrogen and oxygen atoms in total. The molecule has 1 aliphatic rings. The van der Waals surface area contributed by atoms with Gasteiger partial charge in [-0.3, -0.25) is 0 Å². The summed E-state index contributed by atoms with van der Waals surface area (Å²) in [5, 5.41) is 0. The number of hydrogen-bond donors (Lipinski definition) is 0. The first kappa shape index (κ1) is 22.4. The van der Waals surface area contributed by atoms with E-state index in [2.05, 4.69) is 101 Å². The summed E-state index contributed by atoms with van der Waals surface area (Å²) in [6.07, 6.45) is 4.26. The summed E-state index contributed by atoms with van der Waals surface area (Å²) >= 11 is 0. The molecule has 0 N–H and O–H groups in total. The van der Waals surface area contributed by atoms with Gasteiger partial charge >= 0.3 is 0 Å². The molecule has 0 aromatic heterocycles. The Hall–Kier alpha value is -2.60. The van der Waals surface area contributed by atoms with Gasteiger partial charge in [0.15, 0.2) is 0 Å². The monoisotopic (exact) mass is 357 g/mol. The zero-order chi connectivity index (χ0) is 20.1. The van der Waals surface area contributed by atoms with Crippen LogP contribution in [0.3, 0.4) is 0 Å². The predicted octanol–water partition coefficient (Wildman–Crippen LogP) is 7.92. The van der Waals surface area contributed by atoms with Crippen LogP contribution in [0.15, 0.2) is 84.9 Å². The third kappa shape index (κ3) is 10.2. The Morgan fingerprint density at radius 3 is 1.07 bits per heavy atom. The molecule has 0 spiro atoms. The summed E-state index contributed by atoms with van der Waals surface area (Å²) in [6.45, 7) is 12.4. The Bertz CT molecular complexity index is 755. The van der Waals surface area contributed by atoms with Crippen molar-refractivity contribution >= 4 is 5.57 Å². The number of aryl methyl sites for hydroxylation is 4. The molecule has 0 heterocycles. The van der Waals surface area contributed by atoms with E-state index in [4.69, 9.17) is 0 Å². The second-order valence-electron chi connectivity index (χ2n) is 6.46. The number of allylic oxidation sites excluding steroid dienone is 2. The summed E-state index contributed by atoms with van der Waals surface area (Å²) in [6, 6.07) is 27.3. The van der Waals surface area contributed by atoms with Gasteiger partial charge in [0, 0.05) is 6.42 Å². The van der Waals surface area contributed by atoms with E-state index in [0.29, 0.717) is 0 Å². The number of benzene rings is 3. The second-order valence-corrected chi connectivity index (χ2v) is 6.46. The van der Waals surface area contributed by atoms with Crippen LogP contribution < -0.4 is 0 Å². The fourth-order valence-electron chi connectivity index (χ4n) is 2.15. The standard InChI is InChI=1S/C10H9.C8H10.C7H8.C2H6/c1-8-2-4-9(5-3-8)10-6-7-10;1-7-3-5-8(2)6-4-7;1-7-5-3-2-4-6-7;1-2/h2-7H,1H3;3-6H,1-2H3;2-6H,1H3;1-2H3. The van der Waals surface area contributed by atoms with Crippen LogP contribution in [-0.4, -0.2) is 0 Å². The van der Waals surface area contributed by atoms with E-state index in [9.17, 15) is 0 Å². The lowest BCUT2D eigenvalue weighted by Crippen LogP contribution is -1.73. The molecule has 0 amide bonds. The van der Waals surface area contributed by atoms with Crippen molar-refractivity contribution in [2.75, 3.05) is 0 Å². The zero-order valence-electron chi connectivity index (χ0n) is 17.7. The lowest BCUT2D eigenvalue weighted by molar-refractivity contribution is 1.40. The van der Waals surface area contributed by atoms with Crippen molar-refractivity contribution in [3.63, 3.8) is 0 Å². The van der Waals surface area contributed by atoms with E-state index in [1.54, 1.807) is 0 Å². The molecule has 141 valence electrons. The van der Waals surface area contributed by atoms with Crippen LogP contribution in [0.4, 0.5) is 0 Å². The van der Waals surface area contributed by atoms with Crippen molar-refractivity contribution in [1.82, 2.24) is 0 Å². The highest BCUT2D eigenvalue weighted by Crippen LogP contribution is 2.29. The van der Waals surface area contributed by atoms with Crippen LogP contribution in [0.1, 0.15) is 41.7 Å². The first-order valence-electron chi connectivity index (χ1n) is 9.71. The fourth-order valence-corrected chi connectivity index (χ4v) is 2.15. The van der Waals surface area contributed by atoms with E-state index in [0.717, 1.165) is 0 Å². The van der Waals surface area contributed by atoms with Gasteiger partial charge in [0.25, 0.3) is 0 Å². The van der Waals surface area contributed by atoms with Crippen LogP contribution in [-0.2, 0) is 0 Å². The average Bonchev–Trinajstić information content (AvgIpc) is 3.53. The molecule has 27 heavy (non-hydrogen) atoms. The Morgan fingerprint density at radius 1 is 0.444 bits per heavy atom. The maximum atomic E-state index is 2.16. The van der Waals surface area contributed by atoms with E-state index >= 15 is 0 Å². The third-order valence-corrected chi connectivity index (χ3v) is 3.88. The van der Waals surface area contributed by atoms with Crippen molar-refractivity contribution in [3.05, 3.63) is 119 Å². The molecular formula is C27H33. The summed E-state index contributed by atoms with van der Waals surface area (Å²) < 4.78 is 0. The lowest BCUT2D eigenvalue weighted by Gasteiger charge is -1.93. The van der Waals surface area contributed by atoms with E-state index in [-0.39, 0.29) is 0 Å². The average molecular weight is 358 g/mol. The van der Waals surface area contributed by atoms with Crippen LogP contribution in [0.25, 0.3) is 5.57 Å². The molecule has 1 aliphatic carbocycles. The number of rotatable bonds is 1. The van der Waals surface area contributed by atoms with Crippen LogP contribution in [0.5, 0.6) is 0 Å². The van der Waals surface area contributed by atoms with Crippen LogP contribution in [0, 0.1) is 34.1 Å². The van der Waals surface area contributed by atoms with E-state index in [1.165, 1.54) is 33.4 Å². The third-order valence-electron chi connectivity index (χ3n) is 3.88. The highest BCUT2D eigenvalue weighted by Gasteiger charge is 2.08. The smallest absolute Gasteiger partial charge is 0.0131 e. The molecule has 0 unspecified atom stereocenters. The van der Waals surface area contributed by atoms with Gasteiger partial charge in [0.05, 0.1) is 0 Å². The van der Waals surface area contributed by atoms with Gasteiger partial charge in [-0.25, -0.2) is 0 Å². The Labute approximate surface area is 166 Å². The van der Waals surface area contributed by atoms with Gasteiger partial charge in [-0.1, -0.05) is 121 Å². The van der Waals surface area contributed by atoms with Crippen molar-refractivity contribution < 1.29 is 0 Å². The first-order valence-corrected chi connectivity index (χ1v) is 9.71. The Kier molecular flexibility index (Phi) is 10.6. The van der Waals surface area contributed by atoms with Crippen molar-refractivity contribution in [1.29, 1.82) is 0 Å². The molecule has 0 atom stereocenters. The van der Waals surface area contributed by atoms with Crippen LogP contribution >= 0.6 is 0 Å². The summed E-state index contributed by atoms with van der Waals surface area (Å²) in [7, 11) is 0. The normalized spacial score (nSPS) is 10.7. The van der Waals surface area contributed by atoms with Gasteiger partial charge in [0.1, 0.15) is 0 Å². The highest BCUT2D eigenvalue weighted by molar-refractivity contribution is 5.87. The molecule has 0 aliphatic heterocycles. The fraction of sp³-hybridized carbons (Fsp3) is 0.222. The first-order chi connectivity index (χ1) is 13.0. The van der Waals surface area contributed by atoms with E-state index in [1.807, 2.05) is 32.0 Å². The second kappa shape index (κ2) is 12.7. The molecular weight excluding hydrogens is 324 g/mol. The molecule has 0 bridgehead atoms.